The van der Waals surface area contributed by atoms with Crippen LogP contribution in [0.3, 0.4) is 0 Å². The lowest BCUT2D eigenvalue weighted by molar-refractivity contribution is 0.0404. The van der Waals surface area contributed by atoms with Crippen LogP contribution in [0.4, 0.5) is 0 Å². The second-order valence-corrected chi connectivity index (χ2v) is 7.44. The Bertz CT molecular complexity index is 914. The van der Waals surface area contributed by atoms with Crippen LogP contribution in [-0.4, -0.2) is 29.3 Å². The molecule has 0 heterocycles. The van der Waals surface area contributed by atoms with Crippen molar-refractivity contribution in [3.63, 3.8) is 0 Å². The normalized spacial score (nSPS) is 11.3. The molecule has 0 saturated heterocycles. The van der Waals surface area contributed by atoms with Gasteiger partial charge in [-0.2, -0.15) is 0 Å². The van der Waals surface area contributed by atoms with Gasteiger partial charge in [-0.25, -0.2) is 4.79 Å². The van der Waals surface area contributed by atoms with E-state index in [-0.39, 0.29) is 0 Å². The molecule has 0 amide bonds. The van der Waals surface area contributed by atoms with E-state index in [2.05, 4.69) is 11.8 Å². The van der Waals surface area contributed by atoms with Gasteiger partial charge in [0.1, 0.15) is 12.4 Å². The van der Waals surface area contributed by atoms with Crippen molar-refractivity contribution >= 4 is 34.3 Å². The van der Waals surface area contributed by atoms with Gasteiger partial charge in [-0.05, 0) is 44.3 Å². The molecule has 0 N–H and O–H groups in total. The molecule has 0 aliphatic carbocycles. The number of para-hydroxylation sites is 1. The molecule has 1 atom stereocenters. The SMILES string of the molecule is C/C=C/COc1ccccc1C(C#CCSC(=S)OCC)OC(=O)c1ccccc1. The summed E-state index contributed by atoms with van der Waals surface area (Å²) in [4.78, 5) is 12.6. The molecule has 0 radical (unpaired) electrons. The van der Waals surface area contributed by atoms with Gasteiger partial charge in [-0.15, -0.1) is 0 Å². The van der Waals surface area contributed by atoms with E-state index in [9.17, 15) is 4.79 Å². The maximum atomic E-state index is 12.6. The number of carbonyl (C=O) groups is 1. The maximum absolute atomic E-state index is 12.6. The summed E-state index contributed by atoms with van der Waals surface area (Å²) >= 11 is 6.43. The van der Waals surface area contributed by atoms with Crippen molar-refractivity contribution in [3.05, 3.63) is 77.9 Å². The molecule has 0 spiro atoms. The number of thioether (sulfide) groups is 1. The van der Waals surface area contributed by atoms with Crippen LogP contribution in [0.1, 0.15) is 35.9 Å². The van der Waals surface area contributed by atoms with Gasteiger partial charge in [0, 0.05) is 5.56 Å². The Hall–Kier alpha value is -2.75. The zero-order valence-electron chi connectivity index (χ0n) is 17.0. The largest absolute Gasteiger partial charge is 0.489 e. The Morgan fingerprint density at radius 2 is 1.90 bits per heavy atom. The van der Waals surface area contributed by atoms with E-state index in [1.807, 2.05) is 56.3 Å². The minimum atomic E-state index is -0.777. The first-order valence-electron chi connectivity index (χ1n) is 9.52. The van der Waals surface area contributed by atoms with Crippen LogP contribution in [0.5, 0.6) is 5.75 Å². The molecule has 1 unspecified atom stereocenters. The highest BCUT2D eigenvalue weighted by Gasteiger charge is 2.19. The average Bonchev–Trinajstić information content (AvgIpc) is 2.77. The van der Waals surface area contributed by atoms with Crippen LogP contribution >= 0.6 is 24.0 Å². The number of thiocarbonyl (C=S) groups is 1. The van der Waals surface area contributed by atoms with Crippen LogP contribution in [0, 0.1) is 11.8 Å². The van der Waals surface area contributed by atoms with E-state index in [1.165, 1.54) is 11.8 Å². The van der Waals surface area contributed by atoms with Crippen molar-refractivity contribution in [1.82, 2.24) is 0 Å². The van der Waals surface area contributed by atoms with Gasteiger partial charge in [0.05, 0.1) is 17.9 Å². The van der Waals surface area contributed by atoms with Crippen LogP contribution in [0.15, 0.2) is 66.7 Å². The molecular weight excluding hydrogens is 416 g/mol. The Morgan fingerprint density at radius 3 is 2.63 bits per heavy atom. The molecule has 0 aliphatic rings. The predicted octanol–water partition coefficient (Wildman–Crippen LogP) is 5.60. The standard InChI is InChI=1S/C24H24O4S2/c1-3-5-17-27-21-15-10-9-14-20(21)22(16-11-18-30-24(29)26-4-2)28-23(25)19-12-7-6-8-13-19/h3,5-10,12-15,22H,4,17-18H2,1-2H3/b5-3+. The van der Waals surface area contributed by atoms with Crippen LogP contribution in [0.25, 0.3) is 0 Å². The summed E-state index contributed by atoms with van der Waals surface area (Å²) in [6.07, 6.45) is 3.04. The fourth-order valence-electron chi connectivity index (χ4n) is 2.37. The molecule has 2 aromatic carbocycles. The molecule has 156 valence electrons. The van der Waals surface area contributed by atoms with Gasteiger partial charge >= 0.3 is 5.97 Å². The lowest BCUT2D eigenvalue weighted by Crippen LogP contribution is -2.12. The number of hydrogen-bond acceptors (Lipinski definition) is 6. The van der Waals surface area contributed by atoms with Gasteiger partial charge < -0.3 is 14.2 Å². The van der Waals surface area contributed by atoms with Gasteiger partial charge in [0.25, 0.3) is 0 Å². The highest BCUT2D eigenvalue weighted by molar-refractivity contribution is 8.22. The van der Waals surface area contributed by atoms with Gasteiger partial charge in [0.2, 0.25) is 4.38 Å². The minimum Gasteiger partial charge on any atom is -0.489 e. The number of esters is 1. The number of ether oxygens (including phenoxy) is 3. The molecule has 0 aromatic heterocycles. The Labute approximate surface area is 187 Å². The Kier molecular flexibility index (Phi) is 10.6. The highest BCUT2D eigenvalue weighted by atomic mass is 32.2. The van der Waals surface area contributed by atoms with E-state index in [0.717, 1.165) is 0 Å². The zero-order chi connectivity index (χ0) is 21.6. The van der Waals surface area contributed by atoms with Crippen molar-refractivity contribution < 1.29 is 19.0 Å². The summed E-state index contributed by atoms with van der Waals surface area (Å²) in [5.74, 6) is 6.66. The van der Waals surface area contributed by atoms with Crippen molar-refractivity contribution in [2.24, 2.45) is 0 Å². The number of benzene rings is 2. The summed E-state index contributed by atoms with van der Waals surface area (Å²) in [6, 6.07) is 16.2. The predicted molar refractivity (Wildman–Crippen MR) is 126 cm³/mol. The van der Waals surface area contributed by atoms with E-state index in [0.29, 0.717) is 40.2 Å². The monoisotopic (exact) mass is 440 g/mol. The third-order valence-corrected chi connectivity index (χ3v) is 4.88. The second-order valence-electron chi connectivity index (χ2n) is 5.86. The van der Waals surface area contributed by atoms with Crippen molar-refractivity contribution in [2.75, 3.05) is 19.0 Å². The van der Waals surface area contributed by atoms with Crippen LogP contribution < -0.4 is 4.74 Å². The summed E-state index contributed by atoms with van der Waals surface area (Å²) in [6.45, 7) is 4.74. The topological polar surface area (TPSA) is 44.8 Å². The van der Waals surface area contributed by atoms with Gasteiger partial charge in [-0.1, -0.05) is 72.2 Å². The number of carbonyl (C=O) groups excluding carboxylic acids is 1. The molecule has 0 bridgehead atoms. The molecule has 2 rings (SSSR count). The van der Waals surface area contributed by atoms with E-state index in [1.54, 1.807) is 24.3 Å². The third kappa shape index (κ3) is 7.94. The summed E-state index contributed by atoms with van der Waals surface area (Å²) < 4.78 is 17.3. The highest BCUT2D eigenvalue weighted by Crippen LogP contribution is 2.28. The van der Waals surface area contributed by atoms with E-state index < -0.39 is 12.1 Å². The molecule has 2 aromatic rings. The van der Waals surface area contributed by atoms with Crippen LogP contribution in [-0.2, 0) is 9.47 Å². The zero-order valence-corrected chi connectivity index (χ0v) is 18.6. The lowest BCUT2D eigenvalue weighted by Gasteiger charge is -2.17. The first-order chi connectivity index (χ1) is 14.7. The first kappa shape index (κ1) is 23.5. The third-order valence-electron chi connectivity index (χ3n) is 3.76. The fourth-order valence-corrected chi connectivity index (χ4v) is 3.14. The molecule has 0 aliphatic heterocycles. The molecule has 0 saturated carbocycles. The smallest absolute Gasteiger partial charge is 0.339 e. The van der Waals surface area contributed by atoms with Crippen LogP contribution in [0.2, 0.25) is 0 Å². The maximum Gasteiger partial charge on any atom is 0.339 e. The van der Waals surface area contributed by atoms with E-state index >= 15 is 0 Å². The fraction of sp³-hybridized carbons (Fsp3) is 0.250. The van der Waals surface area contributed by atoms with Crippen molar-refractivity contribution in [3.8, 4) is 17.6 Å². The molecule has 0 fully saturated rings. The second kappa shape index (κ2) is 13.5. The van der Waals surface area contributed by atoms with E-state index in [4.69, 9.17) is 26.4 Å². The Balaban J connectivity index is 2.23. The molecule has 6 heteroatoms. The minimum absolute atomic E-state index is 0.415. The average molecular weight is 441 g/mol. The molecule has 30 heavy (non-hydrogen) atoms. The quantitative estimate of drug-likeness (QED) is 0.230. The van der Waals surface area contributed by atoms with Crippen molar-refractivity contribution in [1.29, 1.82) is 0 Å². The summed E-state index contributed by atoms with van der Waals surface area (Å²) in [7, 11) is 0. The van der Waals surface area contributed by atoms with Gasteiger partial charge in [-0.3, -0.25) is 0 Å². The summed E-state index contributed by atoms with van der Waals surface area (Å²) in [5, 5.41) is 0. The van der Waals surface area contributed by atoms with Crippen molar-refractivity contribution in [2.45, 2.75) is 20.0 Å². The summed E-state index contributed by atoms with van der Waals surface area (Å²) in [5.41, 5.74) is 1.15. The molecule has 4 nitrogen and oxygen atoms in total. The molecular formula is C24H24O4S2. The first-order valence-corrected chi connectivity index (χ1v) is 10.9. The Morgan fingerprint density at radius 1 is 1.17 bits per heavy atom. The lowest BCUT2D eigenvalue weighted by atomic mass is 10.1. The van der Waals surface area contributed by atoms with Gasteiger partial charge in [0.15, 0.2) is 6.10 Å². The number of hydrogen-bond donors (Lipinski definition) is 0. The number of allylic oxidation sites excluding steroid dienone is 1. The number of rotatable bonds is 8.